The number of benzene rings is 1. The normalized spacial score (nSPS) is 17.6. The Labute approximate surface area is 160 Å². The van der Waals surface area contributed by atoms with Crippen molar-refractivity contribution in [3.05, 3.63) is 45.9 Å². The molecule has 140 valence electrons. The van der Waals surface area contributed by atoms with Crippen LogP contribution in [0.3, 0.4) is 0 Å². The SMILES string of the molecule is CCNC(=NCc1csc(CC)n1)N1CCC(c2ccc(OC)cc2)C1. The Morgan fingerprint density at radius 2 is 2.15 bits per heavy atom. The molecule has 3 rings (SSSR count). The molecule has 1 aromatic carbocycles. The van der Waals surface area contributed by atoms with Crippen molar-refractivity contribution < 1.29 is 4.74 Å². The van der Waals surface area contributed by atoms with Gasteiger partial charge < -0.3 is 15.0 Å². The zero-order valence-electron chi connectivity index (χ0n) is 15.9. The molecule has 1 aromatic heterocycles. The van der Waals surface area contributed by atoms with Gasteiger partial charge in [-0.2, -0.15) is 0 Å². The first-order valence-electron chi connectivity index (χ1n) is 9.34. The highest BCUT2D eigenvalue weighted by molar-refractivity contribution is 7.09. The second kappa shape index (κ2) is 9.03. The lowest BCUT2D eigenvalue weighted by Crippen LogP contribution is -2.40. The quantitative estimate of drug-likeness (QED) is 0.621. The molecule has 1 aliphatic heterocycles. The molecule has 26 heavy (non-hydrogen) atoms. The van der Waals surface area contributed by atoms with E-state index in [1.807, 2.05) is 12.1 Å². The lowest BCUT2D eigenvalue weighted by atomic mass is 9.98. The zero-order chi connectivity index (χ0) is 18.4. The number of methoxy groups -OCH3 is 1. The zero-order valence-corrected chi connectivity index (χ0v) is 16.7. The summed E-state index contributed by atoms with van der Waals surface area (Å²) in [7, 11) is 1.71. The van der Waals surface area contributed by atoms with Gasteiger partial charge in [-0.3, -0.25) is 0 Å². The van der Waals surface area contributed by atoms with Crippen molar-refractivity contribution in [3.8, 4) is 5.75 Å². The predicted molar refractivity (Wildman–Crippen MR) is 108 cm³/mol. The number of hydrogen-bond acceptors (Lipinski definition) is 4. The lowest BCUT2D eigenvalue weighted by Gasteiger charge is -2.21. The van der Waals surface area contributed by atoms with E-state index >= 15 is 0 Å². The van der Waals surface area contributed by atoms with Gasteiger partial charge in [-0.1, -0.05) is 19.1 Å². The molecule has 2 aromatic rings. The van der Waals surface area contributed by atoms with Crippen LogP contribution in [0.4, 0.5) is 0 Å². The smallest absolute Gasteiger partial charge is 0.194 e. The second-order valence-electron chi connectivity index (χ2n) is 6.46. The number of rotatable bonds is 6. The molecule has 0 spiro atoms. The summed E-state index contributed by atoms with van der Waals surface area (Å²) in [6, 6.07) is 8.45. The average molecular weight is 373 g/mol. The molecule has 0 radical (unpaired) electrons. The number of aliphatic imine (C=N–C) groups is 1. The van der Waals surface area contributed by atoms with Crippen LogP contribution in [-0.4, -0.2) is 42.6 Å². The first-order chi connectivity index (χ1) is 12.7. The van der Waals surface area contributed by atoms with E-state index in [0.717, 1.165) is 49.9 Å². The molecule has 1 aliphatic rings. The van der Waals surface area contributed by atoms with Gasteiger partial charge in [-0.15, -0.1) is 11.3 Å². The largest absolute Gasteiger partial charge is 0.497 e. The van der Waals surface area contributed by atoms with Gasteiger partial charge in [0.15, 0.2) is 5.96 Å². The van der Waals surface area contributed by atoms with E-state index in [0.29, 0.717) is 12.5 Å². The van der Waals surface area contributed by atoms with E-state index < -0.39 is 0 Å². The summed E-state index contributed by atoms with van der Waals surface area (Å²) >= 11 is 1.72. The van der Waals surface area contributed by atoms with Crippen molar-refractivity contribution in [2.45, 2.75) is 39.2 Å². The minimum Gasteiger partial charge on any atom is -0.497 e. The first-order valence-corrected chi connectivity index (χ1v) is 10.2. The van der Waals surface area contributed by atoms with Crippen molar-refractivity contribution >= 4 is 17.3 Å². The average Bonchev–Trinajstić information content (AvgIpc) is 3.35. The third-order valence-electron chi connectivity index (χ3n) is 4.70. The molecule has 6 heteroatoms. The molecule has 0 bridgehead atoms. The molecule has 1 unspecified atom stereocenters. The van der Waals surface area contributed by atoms with Crippen molar-refractivity contribution in [3.63, 3.8) is 0 Å². The minimum atomic E-state index is 0.538. The van der Waals surface area contributed by atoms with E-state index in [1.165, 1.54) is 10.6 Å². The Kier molecular flexibility index (Phi) is 6.50. The van der Waals surface area contributed by atoms with Gasteiger partial charge in [0.05, 0.1) is 24.4 Å². The van der Waals surface area contributed by atoms with Gasteiger partial charge >= 0.3 is 0 Å². The van der Waals surface area contributed by atoms with Crippen LogP contribution in [0.15, 0.2) is 34.6 Å². The molecule has 0 amide bonds. The highest BCUT2D eigenvalue weighted by atomic mass is 32.1. The van der Waals surface area contributed by atoms with Crippen molar-refractivity contribution in [1.29, 1.82) is 0 Å². The fourth-order valence-corrected chi connectivity index (χ4v) is 4.00. The highest BCUT2D eigenvalue weighted by Gasteiger charge is 2.26. The molecule has 1 fully saturated rings. The van der Waals surface area contributed by atoms with E-state index in [-0.39, 0.29) is 0 Å². The molecule has 0 saturated carbocycles. The number of thiazole rings is 1. The van der Waals surface area contributed by atoms with Gasteiger partial charge in [0.1, 0.15) is 5.75 Å². The molecule has 1 N–H and O–H groups in total. The van der Waals surface area contributed by atoms with Gasteiger partial charge in [-0.25, -0.2) is 9.98 Å². The number of ether oxygens (including phenoxy) is 1. The van der Waals surface area contributed by atoms with E-state index in [1.54, 1.807) is 18.4 Å². The Morgan fingerprint density at radius 3 is 2.81 bits per heavy atom. The van der Waals surface area contributed by atoms with Gasteiger partial charge in [0.25, 0.3) is 0 Å². The number of nitrogens with zero attached hydrogens (tertiary/aromatic N) is 3. The maximum absolute atomic E-state index is 5.26. The Hall–Kier alpha value is -2.08. The fraction of sp³-hybridized carbons (Fsp3) is 0.500. The standard InChI is InChI=1S/C20H28N4OS/c1-4-19-23-17(14-26-19)12-22-20(21-5-2)24-11-10-16(13-24)15-6-8-18(25-3)9-7-15/h6-9,14,16H,4-5,10-13H2,1-3H3,(H,21,22). The summed E-state index contributed by atoms with van der Waals surface area (Å²) < 4.78 is 5.26. The monoisotopic (exact) mass is 372 g/mol. The predicted octanol–water partition coefficient (Wildman–Crippen LogP) is 3.67. The maximum atomic E-state index is 5.26. The molecule has 1 saturated heterocycles. The van der Waals surface area contributed by atoms with Crippen LogP contribution in [0.25, 0.3) is 0 Å². The summed E-state index contributed by atoms with van der Waals surface area (Å²) in [5.41, 5.74) is 2.43. The maximum Gasteiger partial charge on any atom is 0.194 e. The van der Waals surface area contributed by atoms with Crippen LogP contribution in [-0.2, 0) is 13.0 Å². The van der Waals surface area contributed by atoms with Crippen LogP contribution >= 0.6 is 11.3 Å². The molecular weight excluding hydrogens is 344 g/mol. The Bertz CT molecular complexity index is 726. The van der Waals surface area contributed by atoms with Crippen molar-refractivity contribution in [2.24, 2.45) is 4.99 Å². The summed E-state index contributed by atoms with van der Waals surface area (Å²) in [6.45, 7) is 7.79. The third-order valence-corrected chi connectivity index (χ3v) is 5.74. The van der Waals surface area contributed by atoms with Gasteiger partial charge in [-0.05, 0) is 37.5 Å². The number of likely N-dealkylation sites (tertiary alicyclic amines) is 1. The number of guanidine groups is 1. The molecule has 1 atom stereocenters. The Morgan fingerprint density at radius 1 is 1.35 bits per heavy atom. The minimum absolute atomic E-state index is 0.538. The molecule has 2 heterocycles. The summed E-state index contributed by atoms with van der Waals surface area (Å²) in [5, 5.41) is 6.74. The Balaban J connectivity index is 1.65. The fourth-order valence-electron chi connectivity index (χ4n) is 3.27. The van der Waals surface area contributed by atoms with E-state index in [4.69, 9.17) is 9.73 Å². The number of hydrogen-bond donors (Lipinski definition) is 1. The topological polar surface area (TPSA) is 49.8 Å². The lowest BCUT2D eigenvalue weighted by molar-refractivity contribution is 0.414. The first kappa shape index (κ1) is 18.7. The molecule has 0 aliphatic carbocycles. The van der Waals surface area contributed by atoms with Crippen molar-refractivity contribution in [2.75, 3.05) is 26.7 Å². The number of aromatic nitrogens is 1. The van der Waals surface area contributed by atoms with E-state index in [9.17, 15) is 0 Å². The second-order valence-corrected chi connectivity index (χ2v) is 7.40. The molecule has 5 nitrogen and oxygen atoms in total. The number of aryl methyl sites for hydroxylation is 1. The van der Waals surface area contributed by atoms with E-state index in [2.05, 4.69) is 46.6 Å². The summed E-state index contributed by atoms with van der Waals surface area (Å²) in [5.74, 6) is 2.44. The number of nitrogens with one attached hydrogen (secondary N) is 1. The van der Waals surface area contributed by atoms with Gasteiger partial charge in [0, 0.05) is 30.9 Å². The van der Waals surface area contributed by atoms with Crippen LogP contribution in [0, 0.1) is 0 Å². The summed E-state index contributed by atoms with van der Waals surface area (Å²) in [4.78, 5) is 11.8. The molecular formula is C20H28N4OS. The summed E-state index contributed by atoms with van der Waals surface area (Å²) in [6.07, 6.45) is 2.14. The van der Waals surface area contributed by atoms with Crippen molar-refractivity contribution in [1.82, 2.24) is 15.2 Å². The third kappa shape index (κ3) is 4.55. The highest BCUT2D eigenvalue weighted by Crippen LogP contribution is 2.28. The van der Waals surface area contributed by atoms with Crippen LogP contribution < -0.4 is 10.1 Å². The van der Waals surface area contributed by atoms with Crippen LogP contribution in [0.5, 0.6) is 5.75 Å². The van der Waals surface area contributed by atoms with Gasteiger partial charge in [0.2, 0.25) is 0 Å². The van der Waals surface area contributed by atoms with Crippen LogP contribution in [0.1, 0.15) is 42.5 Å². The van der Waals surface area contributed by atoms with Crippen LogP contribution in [0.2, 0.25) is 0 Å².